The summed E-state index contributed by atoms with van der Waals surface area (Å²) in [5.41, 5.74) is -1.32. The van der Waals surface area contributed by atoms with E-state index in [1.807, 2.05) is 0 Å². The molecule has 0 unspecified atom stereocenters. The predicted octanol–water partition coefficient (Wildman–Crippen LogP) is 3.56. The molecule has 1 aromatic heterocycles. The van der Waals surface area contributed by atoms with E-state index < -0.39 is 28.8 Å². The maximum Gasteiger partial charge on any atom is 0.418 e. The highest BCUT2D eigenvalue weighted by Gasteiger charge is 2.35. The Bertz CT molecular complexity index is 985. The SMILES string of the molecule is Cc1ccc(/C=N\N=C2/NC(=O)[C@H](CC(=O)Nc3ccccc3C(F)(F)F)S2)o1. The molecule has 1 atom stereocenters. The van der Waals surface area contributed by atoms with Crippen LogP contribution in [0.1, 0.15) is 23.5 Å². The zero-order chi connectivity index (χ0) is 21.0. The number of alkyl halides is 3. The number of para-hydroxylation sites is 1. The van der Waals surface area contributed by atoms with E-state index in [0.29, 0.717) is 11.5 Å². The lowest BCUT2D eigenvalue weighted by molar-refractivity contribution is -0.137. The maximum atomic E-state index is 13.0. The highest BCUT2D eigenvalue weighted by atomic mass is 32.2. The number of furan rings is 1. The number of amidine groups is 1. The van der Waals surface area contributed by atoms with Gasteiger partial charge in [-0.15, -0.1) is 5.10 Å². The van der Waals surface area contributed by atoms with Gasteiger partial charge in [0, 0.05) is 6.42 Å². The van der Waals surface area contributed by atoms with Crippen molar-refractivity contribution in [3.63, 3.8) is 0 Å². The number of aryl methyl sites for hydroxylation is 1. The van der Waals surface area contributed by atoms with Gasteiger partial charge in [0.2, 0.25) is 11.8 Å². The molecule has 7 nitrogen and oxygen atoms in total. The van der Waals surface area contributed by atoms with Gasteiger partial charge >= 0.3 is 6.18 Å². The number of benzene rings is 1. The predicted molar refractivity (Wildman–Crippen MR) is 103 cm³/mol. The fraction of sp³-hybridized carbons (Fsp3) is 0.222. The third-order valence-electron chi connectivity index (χ3n) is 3.75. The number of nitrogens with one attached hydrogen (secondary N) is 2. The first-order chi connectivity index (χ1) is 13.7. The van der Waals surface area contributed by atoms with Crippen molar-refractivity contribution >= 4 is 40.6 Å². The topological polar surface area (TPSA) is 96.1 Å². The van der Waals surface area contributed by atoms with E-state index in [9.17, 15) is 22.8 Å². The highest BCUT2D eigenvalue weighted by Crippen LogP contribution is 2.34. The number of amides is 2. The van der Waals surface area contributed by atoms with Gasteiger partial charge in [-0.05, 0) is 31.2 Å². The van der Waals surface area contributed by atoms with E-state index in [1.165, 1.54) is 18.3 Å². The van der Waals surface area contributed by atoms with Crippen molar-refractivity contribution in [3.05, 3.63) is 53.5 Å². The lowest BCUT2D eigenvalue weighted by Crippen LogP contribution is -2.28. The molecule has 29 heavy (non-hydrogen) atoms. The average molecular weight is 424 g/mol. The van der Waals surface area contributed by atoms with Crippen LogP contribution in [0.25, 0.3) is 0 Å². The molecule has 1 aliphatic rings. The van der Waals surface area contributed by atoms with Crippen molar-refractivity contribution in [2.45, 2.75) is 24.8 Å². The van der Waals surface area contributed by atoms with E-state index in [4.69, 9.17) is 4.42 Å². The first-order valence-electron chi connectivity index (χ1n) is 8.33. The van der Waals surface area contributed by atoms with E-state index in [-0.39, 0.29) is 17.3 Å². The Hall–Kier alpha value is -3.08. The minimum atomic E-state index is -4.60. The van der Waals surface area contributed by atoms with Gasteiger partial charge in [-0.3, -0.25) is 9.59 Å². The second kappa shape index (κ2) is 8.52. The van der Waals surface area contributed by atoms with Gasteiger partial charge < -0.3 is 15.1 Å². The van der Waals surface area contributed by atoms with Crippen molar-refractivity contribution in [2.75, 3.05) is 5.32 Å². The smallest absolute Gasteiger partial charge is 0.418 e. The molecule has 0 aliphatic carbocycles. The molecule has 2 amide bonds. The number of anilines is 1. The standard InChI is InChI=1S/C18H15F3N4O3S/c1-10-6-7-11(28-10)9-22-25-17-24-16(27)14(29-17)8-15(26)23-13-5-3-2-4-12(13)18(19,20)21/h2-7,9,14H,8H2,1H3,(H,23,26)(H,24,25,27)/b22-9-/t14-/m0/s1. The van der Waals surface area contributed by atoms with Crippen molar-refractivity contribution in [2.24, 2.45) is 10.2 Å². The number of halogens is 3. The quantitative estimate of drug-likeness (QED) is 0.567. The maximum absolute atomic E-state index is 13.0. The van der Waals surface area contributed by atoms with Crippen LogP contribution in [0.5, 0.6) is 0 Å². The van der Waals surface area contributed by atoms with Crippen molar-refractivity contribution < 1.29 is 27.2 Å². The van der Waals surface area contributed by atoms with Crippen LogP contribution in [0.15, 0.2) is 51.0 Å². The molecule has 2 N–H and O–H groups in total. The largest absolute Gasteiger partial charge is 0.460 e. The molecule has 0 spiro atoms. The fourth-order valence-electron chi connectivity index (χ4n) is 2.46. The van der Waals surface area contributed by atoms with Gasteiger partial charge in [-0.2, -0.15) is 18.3 Å². The second-order valence-corrected chi connectivity index (χ2v) is 7.18. The van der Waals surface area contributed by atoms with Gasteiger partial charge in [0.15, 0.2) is 5.17 Å². The lowest BCUT2D eigenvalue weighted by Gasteiger charge is -2.14. The summed E-state index contributed by atoms with van der Waals surface area (Å²) in [5, 5.41) is 11.7. The zero-order valence-corrected chi connectivity index (χ0v) is 15.8. The van der Waals surface area contributed by atoms with Crippen LogP contribution in [0, 0.1) is 6.92 Å². The molecule has 1 aromatic carbocycles. The molecule has 152 valence electrons. The third-order valence-corrected chi connectivity index (χ3v) is 4.82. The Labute approximate surface area is 167 Å². The molecule has 0 saturated carbocycles. The van der Waals surface area contributed by atoms with E-state index in [0.717, 1.165) is 23.9 Å². The molecule has 2 heterocycles. The normalized spacial score (nSPS) is 18.4. The van der Waals surface area contributed by atoms with Gasteiger partial charge in [0.05, 0.1) is 17.5 Å². The van der Waals surface area contributed by atoms with Gasteiger partial charge in [0.1, 0.15) is 16.8 Å². The third kappa shape index (κ3) is 5.47. The second-order valence-electron chi connectivity index (χ2n) is 5.99. The Morgan fingerprint density at radius 1 is 1.31 bits per heavy atom. The minimum Gasteiger partial charge on any atom is -0.460 e. The van der Waals surface area contributed by atoms with E-state index in [1.54, 1.807) is 19.1 Å². The number of rotatable bonds is 5. The molecule has 2 aromatic rings. The summed E-state index contributed by atoms with van der Waals surface area (Å²) < 4.78 is 44.3. The van der Waals surface area contributed by atoms with Crippen LogP contribution in [0.2, 0.25) is 0 Å². The van der Waals surface area contributed by atoms with Crippen LogP contribution in [-0.2, 0) is 15.8 Å². The lowest BCUT2D eigenvalue weighted by atomic mass is 10.1. The van der Waals surface area contributed by atoms with Crippen molar-refractivity contribution in [1.82, 2.24) is 5.32 Å². The van der Waals surface area contributed by atoms with Gasteiger partial charge in [-0.25, -0.2) is 0 Å². The average Bonchev–Trinajstić information content (AvgIpc) is 3.20. The van der Waals surface area contributed by atoms with Crippen LogP contribution in [0.4, 0.5) is 18.9 Å². The molecule has 0 radical (unpaired) electrons. The Morgan fingerprint density at radius 3 is 2.76 bits per heavy atom. The number of carbonyl (C=O) groups excluding carboxylic acids is 2. The fourth-order valence-corrected chi connectivity index (χ4v) is 3.38. The molecule has 1 fully saturated rings. The van der Waals surface area contributed by atoms with E-state index >= 15 is 0 Å². The monoisotopic (exact) mass is 424 g/mol. The molecule has 3 rings (SSSR count). The highest BCUT2D eigenvalue weighted by molar-refractivity contribution is 8.15. The van der Waals surface area contributed by atoms with Crippen LogP contribution in [0.3, 0.4) is 0 Å². The van der Waals surface area contributed by atoms with Crippen molar-refractivity contribution in [3.8, 4) is 0 Å². The van der Waals surface area contributed by atoms with E-state index in [2.05, 4.69) is 20.8 Å². The summed E-state index contributed by atoms with van der Waals surface area (Å²) in [6, 6.07) is 8.09. The van der Waals surface area contributed by atoms with Crippen LogP contribution >= 0.6 is 11.8 Å². The first-order valence-corrected chi connectivity index (χ1v) is 9.21. The first kappa shape index (κ1) is 20.6. The Balaban J connectivity index is 1.60. The number of nitrogens with zero attached hydrogens (tertiary/aromatic N) is 2. The summed E-state index contributed by atoms with van der Waals surface area (Å²) in [4.78, 5) is 24.1. The zero-order valence-electron chi connectivity index (χ0n) is 15.0. The minimum absolute atomic E-state index is 0.183. The number of thioether (sulfide) groups is 1. The molecule has 1 aliphatic heterocycles. The van der Waals surface area contributed by atoms with Gasteiger partial charge in [-0.1, -0.05) is 23.9 Å². The summed E-state index contributed by atoms with van der Waals surface area (Å²) in [5.74, 6) is 0.00321. The molecule has 0 bridgehead atoms. The Kier molecular flexibility index (Phi) is 6.06. The van der Waals surface area contributed by atoms with Gasteiger partial charge in [0.25, 0.3) is 0 Å². The number of carbonyl (C=O) groups is 2. The summed E-state index contributed by atoms with van der Waals surface area (Å²) in [7, 11) is 0. The van der Waals surface area contributed by atoms with Crippen LogP contribution in [-0.4, -0.2) is 28.4 Å². The Morgan fingerprint density at radius 2 is 2.07 bits per heavy atom. The molecular formula is C18H15F3N4O3S. The summed E-state index contributed by atoms with van der Waals surface area (Å²) >= 11 is 0.970. The number of hydrogen-bond donors (Lipinski definition) is 2. The van der Waals surface area contributed by atoms with Crippen molar-refractivity contribution in [1.29, 1.82) is 0 Å². The van der Waals surface area contributed by atoms with Crippen LogP contribution < -0.4 is 10.6 Å². The molecule has 11 heteroatoms. The molecular weight excluding hydrogens is 409 g/mol. The number of hydrogen-bond acceptors (Lipinski definition) is 6. The molecule has 1 saturated heterocycles. The summed E-state index contributed by atoms with van der Waals surface area (Å²) in [6.07, 6.45) is -3.56. The summed E-state index contributed by atoms with van der Waals surface area (Å²) in [6.45, 7) is 1.78.